The quantitative estimate of drug-likeness (QED) is 0.575. The molecule has 0 spiro atoms. The van der Waals surface area contributed by atoms with Gasteiger partial charge in [-0.1, -0.05) is 0 Å². The van der Waals surface area contributed by atoms with E-state index in [0.29, 0.717) is 5.69 Å². The first-order chi connectivity index (χ1) is 4.75. The van der Waals surface area contributed by atoms with E-state index in [9.17, 15) is 0 Å². The molecule has 0 aliphatic heterocycles. The third-order valence-corrected chi connectivity index (χ3v) is 1.23. The number of pyridine rings is 1. The minimum absolute atomic E-state index is 0.0231. The van der Waals surface area contributed by atoms with Crippen LogP contribution in [-0.4, -0.2) is 10.1 Å². The molecule has 0 atom stereocenters. The van der Waals surface area contributed by atoms with Gasteiger partial charge in [0.15, 0.2) is 5.75 Å². The molecular weight excluding hydrogens is 128 g/mol. The standard InChI is InChI=1S/C7H6N2O/c1-5-7(10)6(4-8)2-3-9-5/h2-3,10H,1H3. The van der Waals surface area contributed by atoms with Gasteiger partial charge in [0.2, 0.25) is 0 Å². The molecule has 1 N–H and O–H groups in total. The molecule has 1 aromatic heterocycles. The largest absolute Gasteiger partial charge is 0.505 e. The number of aromatic nitrogens is 1. The monoisotopic (exact) mass is 134 g/mol. The van der Waals surface area contributed by atoms with Crippen LogP contribution in [0.25, 0.3) is 0 Å². The molecule has 0 saturated carbocycles. The summed E-state index contributed by atoms with van der Waals surface area (Å²) in [5, 5.41) is 17.5. The molecule has 3 nitrogen and oxygen atoms in total. The van der Waals surface area contributed by atoms with Gasteiger partial charge in [-0.05, 0) is 13.0 Å². The Morgan fingerprint density at radius 3 is 2.90 bits per heavy atom. The fourth-order valence-corrected chi connectivity index (χ4v) is 0.649. The summed E-state index contributed by atoms with van der Waals surface area (Å²) in [7, 11) is 0. The van der Waals surface area contributed by atoms with Crippen molar-refractivity contribution < 1.29 is 5.11 Å². The van der Waals surface area contributed by atoms with Crippen LogP contribution in [0, 0.1) is 18.3 Å². The van der Waals surface area contributed by atoms with Crippen molar-refractivity contribution in [2.24, 2.45) is 0 Å². The van der Waals surface area contributed by atoms with Crippen molar-refractivity contribution in [1.82, 2.24) is 4.98 Å². The average Bonchev–Trinajstić information content (AvgIpc) is 1.95. The number of nitriles is 1. The predicted molar refractivity (Wildman–Crippen MR) is 35.4 cm³/mol. The highest BCUT2D eigenvalue weighted by molar-refractivity contribution is 5.43. The second kappa shape index (κ2) is 2.36. The van der Waals surface area contributed by atoms with Crippen LogP contribution < -0.4 is 0 Å². The van der Waals surface area contributed by atoms with Crippen LogP contribution >= 0.6 is 0 Å². The SMILES string of the molecule is Cc1nccc(C#N)c1O. The van der Waals surface area contributed by atoms with Gasteiger partial charge in [0.1, 0.15) is 6.07 Å². The molecule has 0 unspecified atom stereocenters. The molecule has 10 heavy (non-hydrogen) atoms. The first-order valence-corrected chi connectivity index (χ1v) is 2.80. The Morgan fingerprint density at radius 1 is 1.70 bits per heavy atom. The van der Waals surface area contributed by atoms with Crippen LogP contribution in [0.5, 0.6) is 5.75 Å². The number of aryl methyl sites for hydroxylation is 1. The first-order valence-electron chi connectivity index (χ1n) is 2.80. The molecule has 1 rings (SSSR count). The molecule has 0 amide bonds. The summed E-state index contributed by atoms with van der Waals surface area (Å²) < 4.78 is 0. The molecule has 1 aromatic rings. The van der Waals surface area contributed by atoms with Crippen LogP contribution in [0.2, 0.25) is 0 Å². The van der Waals surface area contributed by atoms with Gasteiger partial charge in [0, 0.05) is 6.20 Å². The molecule has 0 saturated heterocycles. The number of nitrogens with zero attached hydrogens (tertiary/aromatic N) is 2. The van der Waals surface area contributed by atoms with Crippen LogP contribution in [0.1, 0.15) is 11.3 Å². The van der Waals surface area contributed by atoms with Crippen molar-refractivity contribution in [3.8, 4) is 11.8 Å². The summed E-state index contributed by atoms with van der Waals surface area (Å²) in [6.45, 7) is 1.65. The van der Waals surface area contributed by atoms with E-state index in [-0.39, 0.29) is 11.3 Å². The molecule has 1 heterocycles. The van der Waals surface area contributed by atoms with E-state index in [1.165, 1.54) is 12.3 Å². The van der Waals surface area contributed by atoms with Crippen molar-refractivity contribution in [2.75, 3.05) is 0 Å². The lowest BCUT2D eigenvalue weighted by molar-refractivity contribution is 0.466. The lowest BCUT2D eigenvalue weighted by Crippen LogP contribution is -1.83. The topological polar surface area (TPSA) is 56.9 Å². The maximum absolute atomic E-state index is 9.11. The number of rotatable bonds is 0. The van der Waals surface area contributed by atoms with E-state index in [1.807, 2.05) is 6.07 Å². The Labute approximate surface area is 58.6 Å². The third-order valence-electron chi connectivity index (χ3n) is 1.23. The van der Waals surface area contributed by atoms with Crippen LogP contribution in [0.15, 0.2) is 12.3 Å². The zero-order chi connectivity index (χ0) is 7.56. The highest BCUT2D eigenvalue weighted by Crippen LogP contribution is 2.17. The summed E-state index contributed by atoms with van der Waals surface area (Å²) >= 11 is 0. The van der Waals surface area contributed by atoms with Gasteiger partial charge < -0.3 is 5.11 Å². The van der Waals surface area contributed by atoms with E-state index < -0.39 is 0 Å². The maximum Gasteiger partial charge on any atom is 0.154 e. The molecule has 3 heteroatoms. The van der Waals surface area contributed by atoms with Crippen molar-refractivity contribution in [1.29, 1.82) is 5.26 Å². The van der Waals surface area contributed by atoms with E-state index >= 15 is 0 Å². The number of aromatic hydroxyl groups is 1. The van der Waals surface area contributed by atoms with Crippen LogP contribution in [-0.2, 0) is 0 Å². The molecule has 0 radical (unpaired) electrons. The molecular formula is C7H6N2O. The maximum atomic E-state index is 9.11. The molecule has 0 bridgehead atoms. The second-order valence-corrected chi connectivity index (χ2v) is 1.90. The third kappa shape index (κ3) is 0.914. The Morgan fingerprint density at radius 2 is 2.40 bits per heavy atom. The van der Waals surface area contributed by atoms with Crippen molar-refractivity contribution in [3.63, 3.8) is 0 Å². The predicted octanol–water partition coefficient (Wildman–Crippen LogP) is 0.967. The van der Waals surface area contributed by atoms with E-state index in [4.69, 9.17) is 10.4 Å². The van der Waals surface area contributed by atoms with Crippen LogP contribution in [0.4, 0.5) is 0 Å². The number of hydrogen-bond donors (Lipinski definition) is 1. The van der Waals surface area contributed by atoms with Gasteiger partial charge in [-0.25, -0.2) is 0 Å². The normalized spacial score (nSPS) is 8.80. The van der Waals surface area contributed by atoms with Gasteiger partial charge in [-0.2, -0.15) is 5.26 Å². The van der Waals surface area contributed by atoms with Gasteiger partial charge in [-0.3, -0.25) is 4.98 Å². The molecule has 50 valence electrons. The molecule has 0 aliphatic carbocycles. The van der Waals surface area contributed by atoms with E-state index in [0.717, 1.165) is 0 Å². The minimum Gasteiger partial charge on any atom is -0.505 e. The van der Waals surface area contributed by atoms with Gasteiger partial charge in [-0.15, -0.1) is 0 Å². The smallest absolute Gasteiger partial charge is 0.154 e. The van der Waals surface area contributed by atoms with Crippen LogP contribution in [0.3, 0.4) is 0 Å². The molecule has 0 aliphatic rings. The fourth-order valence-electron chi connectivity index (χ4n) is 0.649. The van der Waals surface area contributed by atoms with Crippen molar-refractivity contribution in [2.45, 2.75) is 6.92 Å². The number of hydrogen-bond acceptors (Lipinski definition) is 3. The second-order valence-electron chi connectivity index (χ2n) is 1.90. The fraction of sp³-hybridized carbons (Fsp3) is 0.143. The Bertz CT molecular complexity index is 288. The molecule has 0 aromatic carbocycles. The zero-order valence-electron chi connectivity index (χ0n) is 5.50. The Hall–Kier alpha value is -1.56. The summed E-state index contributed by atoms with van der Waals surface area (Å²) in [6, 6.07) is 3.32. The van der Waals surface area contributed by atoms with Gasteiger partial charge in [0.05, 0.1) is 11.3 Å². The summed E-state index contributed by atoms with van der Waals surface area (Å²) in [5.74, 6) is -0.0231. The average molecular weight is 134 g/mol. The highest BCUT2D eigenvalue weighted by Gasteiger charge is 2.01. The summed E-state index contributed by atoms with van der Waals surface area (Å²) in [4.78, 5) is 3.79. The van der Waals surface area contributed by atoms with E-state index in [2.05, 4.69) is 4.98 Å². The van der Waals surface area contributed by atoms with Crippen molar-refractivity contribution >= 4 is 0 Å². The Balaban J connectivity index is 3.31. The zero-order valence-corrected chi connectivity index (χ0v) is 5.50. The van der Waals surface area contributed by atoms with Crippen molar-refractivity contribution in [3.05, 3.63) is 23.5 Å². The highest BCUT2D eigenvalue weighted by atomic mass is 16.3. The van der Waals surface area contributed by atoms with Gasteiger partial charge in [0.25, 0.3) is 0 Å². The summed E-state index contributed by atoms with van der Waals surface area (Å²) in [6.07, 6.45) is 1.49. The lowest BCUT2D eigenvalue weighted by atomic mass is 10.2. The minimum atomic E-state index is -0.0231. The molecule has 0 fully saturated rings. The van der Waals surface area contributed by atoms with Gasteiger partial charge >= 0.3 is 0 Å². The van der Waals surface area contributed by atoms with E-state index in [1.54, 1.807) is 6.92 Å². The lowest BCUT2D eigenvalue weighted by Gasteiger charge is -1.96. The first kappa shape index (κ1) is 6.56. The Kier molecular flexibility index (Phi) is 1.55. The summed E-state index contributed by atoms with van der Waals surface area (Å²) in [5.41, 5.74) is 0.756.